The topological polar surface area (TPSA) is 81.7 Å². The SMILES string of the molecule is CC(=O)NC(CCCCc1ccc(-c2ccccc2)cc1)(COC(C)=O)COC(C)=O. The highest BCUT2D eigenvalue weighted by Gasteiger charge is 2.33. The van der Waals surface area contributed by atoms with Crippen molar-refractivity contribution in [3.05, 3.63) is 60.2 Å². The fraction of sp³-hybridized carbons (Fsp3) is 0.400. The molecule has 2 aromatic carbocycles. The molecule has 0 heterocycles. The first-order valence-electron chi connectivity index (χ1n) is 10.5. The Bertz CT molecular complexity index is 843. The van der Waals surface area contributed by atoms with E-state index in [9.17, 15) is 14.4 Å². The van der Waals surface area contributed by atoms with E-state index in [0.29, 0.717) is 6.42 Å². The van der Waals surface area contributed by atoms with Gasteiger partial charge < -0.3 is 14.8 Å². The van der Waals surface area contributed by atoms with Crippen LogP contribution < -0.4 is 5.32 Å². The van der Waals surface area contributed by atoms with E-state index < -0.39 is 17.5 Å². The average Bonchev–Trinajstić information content (AvgIpc) is 2.74. The molecule has 2 rings (SSSR count). The molecule has 31 heavy (non-hydrogen) atoms. The highest BCUT2D eigenvalue weighted by molar-refractivity contribution is 5.74. The van der Waals surface area contributed by atoms with Gasteiger partial charge in [0.25, 0.3) is 0 Å². The van der Waals surface area contributed by atoms with Gasteiger partial charge in [-0.05, 0) is 36.0 Å². The van der Waals surface area contributed by atoms with Crippen molar-refractivity contribution in [1.29, 1.82) is 0 Å². The van der Waals surface area contributed by atoms with Gasteiger partial charge in [-0.2, -0.15) is 0 Å². The molecule has 0 aliphatic heterocycles. The van der Waals surface area contributed by atoms with E-state index in [1.807, 2.05) is 18.2 Å². The van der Waals surface area contributed by atoms with Crippen LogP contribution in [0.5, 0.6) is 0 Å². The number of carbonyl (C=O) groups is 3. The molecule has 1 amide bonds. The molecular formula is C25H31NO5. The van der Waals surface area contributed by atoms with E-state index >= 15 is 0 Å². The first-order chi connectivity index (χ1) is 14.8. The molecule has 0 atom stereocenters. The number of carbonyl (C=O) groups excluding carboxylic acids is 3. The van der Waals surface area contributed by atoms with Crippen molar-refractivity contribution >= 4 is 17.8 Å². The van der Waals surface area contributed by atoms with Gasteiger partial charge in [-0.1, -0.05) is 61.0 Å². The van der Waals surface area contributed by atoms with Crippen LogP contribution in [0.1, 0.15) is 45.6 Å². The number of ether oxygens (including phenoxy) is 2. The van der Waals surface area contributed by atoms with Crippen LogP contribution in [-0.4, -0.2) is 36.6 Å². The normalized spacial score (nSPS) is 10.9. The van der Waals surface area contributed by atoms with E-state index in [4.69, 9.17) is 9.47 Å². The van der Waals surface area contributed by atoms with E-state index in [1.54, 1.807) is 0 Å². The molecule has 0 aliphatic carbocycles. The van der Waals surface area contributed by atoms with Crippen molar-refractivity contribution in [2.45, 2.75) is 52.0 Å². The number of aryl methyl sites for hydroxylation is 1. The summed E-state index contributed by atoms with van der Waals surface area (Å²) in [6.07, 6.45) is 3.05. The lowest BCUT2D eigenvalue weighted by atomic mass is 9.92. The van der Waals surface area contributed by atoms with Crippen LogP contribution in [0.3, 0.4) is 0 Å². The van der Waals surface area contributed by atoms with Crippen LogP contribution in [0.15, 0.2) is 54.6 Å². The summed E-state index contributed by atoms with van der Waals surface area (Å²) in [5.74, 6) is -1.16. The molecule has 2 aromatic rings. The van der Waals surface area contributed by atoms with Crippen molar-refractivity contribution in [2.24, 2.45) is 0 Å². The van der Waals surface area contributed by atoms with Crippen LogP contribution in [-0.2, 0) is 30.3 Å². The molecule has 166 valence electrons. The van der Waals surface area contributed by atoms with Gasteiger partial charge in [-0.25, -0.2) is 0 Å². The molecule has 0 spiro atoms. The summed E-state index contributed by atoms with van der Waals surface area (Å²) >= 11 is 0. The zero-order chi connectivity index (χ0) is 22.7. The lowest BCUT2D eigenvalue weighted by Crippen LogP contribution is -2.55. The Kier molecular flexibility index (Phi) is 9.25. The van der Waals surface area contributed by atoms with Crippen LogP contribution in [0.4, 0.5) is 0 Å². The number of benzene rings is 2. The third kappa shape index (κ3) is 8.62. The quantitative estimate of drug-likeness (QED) is 0.434. The number of hydrogen-bond acceptors (Lipinski definition) is 5. The third-order valence-electron chi connectivity index (χ3n) is 4.98. The van der Waals surface area contributed by atoms with Crippen LogP contribution >= 0.6 is 0 Å². The summed E-state index contributed by atoms with van der Waals surface area (Å²) in [6, 6.07) is 18.7. The molecular weight excluding hydrogens is 394 g/mol. The molecule has 0 aromatic heterocycles. The maximum atomic E-state index is 11.8. The van der Waals surface area contributed by atoms with Gasteiger partial charge in [0.2, 0.25) is 5.91 Å². The standard InChI is InChI=1S/C25H31NO5/c1-19(27)26-25(17-30-20(2)28,18-31-21(3)29)16-8-7-9-22-12-14-24(15-13-22)23-10-5-4-6-11-23/h4-6,10-15H,7-9,16-18H2,1-3H3,(H,26,27). The van der Waals surface area contributed by atoms with E-state index in [-0.39, 0.29) is 19.1 Å². The number of nitrogens with one attached hydrogen (secondary N) is 1. The number of rotatable bonds is 11. The van der Waals surface area contributed by atoms with Gasteiger partial charge in [0, 0.05) is 20.8 Å². The van der Waals surface area contributed by atoms with Gasteiger partial charge in [0.15, 0.2) is 0 Å². The van der Waals surface area contributed by atoms with Crippen LogP contribution in [0.25, 0.3) is 11.1 Å². The molecule has 0 saturated heterocycles. The largest absolute Gasteiger partial charge is 0.463 e. The molecule has 0 radical (unpaired) electrons. The predicted molar refractivity (Wildman–Crippen MR) is 119 cm³/mol. The molecule has 6 heteroatoms. The van der Waals surface area contributed by atoms with Crippen molar-refractivity contribution in [1.82, 2.24) is 5.32 Å². The number of hydrogen-bond donors (Lipinski definition) is 1. The Hall–Kier alpha value is -3.15. The first kappa shape index (κ1) is 24.1. The molecule has 1 N–H and O–H groups in total. The first-order valence-corrected chi connectivity index (χ1v) is 10.5. The average molecular weight is 426 g/mol. The zero-order valence-corrected chi connectivity index (χ0v) is 18.5. The van der Waals surface area contributed by atoms with Crippen LogP contribution in [0.2, 0.25) is 0 Å². The highest BCUT2D eigenvalue weighted by Crippen LogP contribution is 2.21. The number of unbranched alkanes of at least 4 members (excludes halogenated alkanes) is 1. The Morgan fingerprint density at radius 1 is 0.774 bits per heavy atom. The minimum atomic E-state index is -0.930. The minimum absolute atomic E-state index is 0.0407. The second kappa shape index (κ2) is 11.9. The van der Waals surface area contributed by atoms with E-state index in [0.717, 1.165) is 19.3 Å². The summed E-state index contributed by atoms with van der Waals surface area (Å²) < 4.78 is 10.3. The van der Waals surface area contributed by atoms with Crippen LogP contribution in [0, 0.1) is 0 Å². The second-order valence-electron chi connectivity index (χ2n) is 7.79. The Morgan fingerprint density at radius 3 is 1.84 bits per heavy atom. The second-order valence-corrected chi connectivity index (χ2v) is 7.79. The summed E-state index contributed by atoms with van der Waals surface area (Å²) in [5, 5.41) is 2.84. The minimum Gasteiger partial charge on any atom is -0.463 e. The van der Waals surface area contributed by atoms with Gasteiger partial charge >= 0.3 is 11.9 Å². The lowest BCUT2D eigenvalue weighted by Gasteiger charge is -2.33. The van der Waals surface area contributed by atoms with E-state index in [2.05, 4.69) is 41.7 Å². The Morgan fingerprint density at radius 2 is 1.32 bits per heavy atom. The molecule has 0 unspecified atom stereocenters. The molecule has 0 bridgehead atoms. The van der Waals surface area contributed by atoms with Gasteiger partial charge in [-0.3, -0.25) is 14.4 Å². The maximum absolute atomic E-state index is 11.8. The summed E-state index contributed by atoms with van der Waals surface area (Å²) in [6.45, 7) is 3.93. The lowest BCUT2D eigenvalue weighted by molar-refractivity contribution is -0.150. The number of amides is 1. The van der Waals surface area contributed by atoms with Gasteiger partial charge in [-0.15, -0.1) is 0 Å². The monoisotopic (exact) mass is 425 g/mol. The highest BCUT2D eigenvalue weighted by atomic mass is 16.5. The zero-order valence-electron chi connectivity index (χ0n) is 18.5. The van der Waals surface area contributed by atoms with Gasteiger partial charge in [0.1, 0.15) is 18.8 Å². The summed E-state index contributed by atoms with van der Waals surface area (Å²) in [7, 11) is 0. The third-order valence-corrected chi connectivity index (χ3v) is 4.98. The Balaban J connectivity index is 1.95. The molecule has 0 saturated carbocycles. The van der Waals surface area contributed by atoms with Gasteiger partial charge in [0.05, 0.1) is 0 Å². The summed E-state index contributed by atoms with van der Waals surface area (Å²) in [5.41, 5.74) is 2.66. The molecule has 6 nitrogen and oxygen atoms in total. The van der Waals surface area contributed by atoms with Crippen molar-refractivity contribution in [3.63, 3.8) is 0 Å². The number of esters is 2. The van der Waals surface area contributed by atoms with E-state index in [1.165, 1.54) is 37.5 Å². The fourth-order valence-corrected chi connectivity index (χ4v) is 3.46. The smallest absolute Gasteiger partial charge is 0.302 e. The predicted octanol–water partition coefficient (Wildman–Crippen LogP) is 4.07. The van der Waals surface area contributed by atoms with Crippen molar-refractivity contribution < 1.29 is 23.9 Å². The molecule has 0 fully saturated rings. The molecule has 0 aliphatic rings. The Labute approximate surface area is 183 Å². The maximum Gasteiger partial charge on any atom is 0.302 e. The van der Waals surface area contributed by atoms with Crippen molar-refractivity contribution in [2.75, 3.05) is 13.2 Å². The summed E-state index contributed by atoms with van der Waals surface area (Å²) in [4.78, 5) is 34.4. The van der Waals surface area contributed by atoms with Crippen molar-refractivity contribution in [3.8, 4) is 11.1 Å². The fourth-order valence-electron chi connectivity index (χ4n) is 3.46.